The number of likely N-dealkylation sites (tertiary alicyclic amines) is 1. The summed E-state index contributed by atoms with van der Waals surface area (Å²) < 4.78 is 0. The number of aliphatic hydroxyl groups excluding tert-OH is 1. The molecule has 0 aliphatic carbocycles. The number of nitrogens with one attached hydrogen (secondary N) is 1. The van der Waals surface area contributed by atoms with Crippen LogP contribution in [0.4, 0.5) is 4.79 Å². The van der Waals surface area contributed by atoms with E-state index >= 15 is 0 Å². The van der Waals surface area contributed by atoms with E-state index in [4.69, 9.17) is 5.73 Å². The fourth-order valence-corrected chi connectivity index (χ4v) is 2.06. The third-order valence-electron chi connectivity index (χ3n) is 2.88. The number of carbonyl (C=O) groups excluding carboxylic acids is 2. The minimum Gasteiger partial charge on any atom is -0.393 e. The molecule has 0 spiro atoms. The average Bonchev–Trinajstić information content (AvgIpc) is 2.15. The number of primary amides is 1. The standard InChI is InChI=1S/C10H19N3O3/c1-6(14)8-3-9(12-7(2)15)5-13(4-8)10(11)16/h6,8-9,14H,3-5H2,1-2H3,(H2,11,16)(H,12,15). The first-order valence-electron chi connectivity index (χ1n) is 5.39. The van der Waals surface area contributed by atoms with Crippen LogP contribution in [0.5, 0.6) is 0 Å². The highest BCUT2D eigenvalue weighted by Crippen LogP contribution is 2.20. The lowest BCUT2D eigenvalue weighted by Gasteiger charge is -2.38. The monoisotopic (exact) mass is 229 g/mol. The SMILES string of the molecule is CC(=O)NC1CC(C(C)O)CN(C(N)=O)C1. The van der Waals surface area contributed by atoms with Gasteiger partial charge in [0.25, 0.3) is 0 Å². The van der Waals surface area contributed by atoms with Crippen molar-refractivity contribution in [2.24, 2.45) is 11.7 Å². The lowest BCUT2D eigenvalue weighted by Crippen LogP contribution is -2.55. The van der Waals surface area contributed by atoms with Gasteiger partial charge >= 0.3 is 6.03 Å². The van der Waals surface area contributed by atoms with Gasteiger partial charge in [0.15, 0.2) is 0 Å². The van der Waals surface area contributed by atoms with Gasteiger partial charge in [0, 0.05) is 32.0 Å². The normalized spacial score (nSPS) is 27.3. The summed E-state index contributed by atoms with van der Waals surface area (Å²) in [5.74, 6) is -0.182. The number of aliphatic hydroxyl groups is 1. The van der Waals surface area contributed by atoms with Crippen LogP contribution in [0.3, 0.4) is 0 Å². The Morgan fingerprint density at radius 1 is 1.50 bits per heavy atom. The second-order valence-electron chi connectivity index (χ2n) is 4.38. The molecule has 0 aromatic carbocycles. The van der Waals surface area contributed by atoms with E-state index in [0.29, 0.717) is 19.5 Å². The molecule has 6 nitrogen and oxygen atoms in total. The molecule has 0 radical (unpaired) electrons. The zero-order chi connectivity index (χ0) is 12.3. The number of carbonyl (C=O) groups is 2. The van der Waals surface area contributed by atoms with E-state index in [-0.39, 0.29) is 17.9 Å². The number of nitrogens with zero attached hydrogens (tertiary/aromatic N) is 1. The molecule has 1 heterocycles. The molecule has 1 fully saturated rings. The smallest absolute Gasteiger partial charge is 0.314 e. The average molecular weight is 229 g/mol. The van der Waals surface area contributed by atoms with E-state index < -0.39 is 12.1 Å². The molecule has 92 valence electrons. The van der Waals surface area contributed by atoms with Crippen LogP contribution < -0.4 is 11.1 Å². The van der Waals surface area contributed by atoms with Crippen molar-refractivity contribution in [1.82, 2.24) is 10.2 Å². The highest BCUT2D eigenvalue weighted by molar-refractivity contribution is 5.74. The molecule has 0 bridgehead atoms. The van der Waals surface area contributed by atoms with Crippen molar-refractivity contribution in [1.29, 1.82) is 0 Å². The van der Waals surface area contributed by atoms with Crippen molar-refractivity contribution in [3.63, 3.8) is 0 Å². The van der Waals surface area contributed by atoms with Gasteiger partial charge < -0.3 is 21.1 Å². The van der Waals surface area contributed by atoms with Crippen LogP contribution in [-0.2, 0) is 4.79 Å². The van der Waals surface area contributed by atoms with Crippen molar-refractivity contribution in [3.8, 4) is 0 Å². The Kier molecular flexibility index (Phi) is 4.12. The minimum atomic E-state index is -0.515. The lowest BCUT2D eigenvalue weighted by atomic mass is 9.90. The summed E-state index contributed by atoms with van der Waals surface area (Å²) in [6.45, 7) is 3.97. The third kappa shape index (κ3) is 3.37. The Morgan fingerprint density at radius 3 is 2.56 bits per heavy atom. The molecule has 1 saturated heterocycles. The molecular weight excluding hydrogens is 210 g/mol. The molecule has 0 aromatic rings. The summed E-state index contributed by atoms with van der Waals surface area (Å²) in [7, 11) is 0. The maximum Gasteiger partial charge on any atom is 0.314 e. The molecule has 6 heteroatoms. The second kappa shape index (κ2) is 5.16. The summed E-state index contributed by atoms with van der Waals surface area (Å²) >= 11 is 0. The van der Waals surface area contributed by atoms with E-state index in [1.807, 2.05) is 0 Å². The first-order valence-corrected chi connectivity index (χ1v) is 5.39. The lowest BCUT2D eigenvalue weighted by molar-refractivity contribution is -0.120. The largest absolute Gasteiger partial charge is 0.393 e. The van der Waals surface area contributed by atoms with Crippen LogP contribution in [0.25, 0.3) is 0 Å². The van der Waals surface area contributed by atoms with Crippen molar-refractivity contribution >= 4 is 11.9 Å². The topological polar surface area (TPSA) is 95.7 Å². The van der Waals surface area contributed by atoms with Crippen LogP contribution in [0.2, 0.25) is 0 Å². The van der Waals surface area contributed by atoms with Crippen LogP contribution in [0.1, 0.15) is 20.3 Å². The quantitative estimate of drug-likeness (QED) is 0.582. The maximum atomic E-state index is 11.1. The zero-order valence-corrected chi connectivity index (χ0v) is 9.64. The minimum absolute atomic E-state index is 0.0434. The molecule has 3 unspecified atom stereocenters. The Hall–Kier alpha value is -1.30. The molecule has 0 aromatic heterocycles. The van der Waals surface area contributed by atoms with Crippen molar-refractivity contribution in [2.75, 3.05) is 13.1 Å². The third-order valence-corrected chi connectivity index (χ3v) is 2.88. The second-order valence-corrected chi connectivity index (χ2v) is 4.38. The Morgan fingerprint density at radius 2 is 2.12 bits per heavy atom. The number of urea groups is 1. The highest BCUT2D eigenvalue weighted by atomic mass is 16.3. The first-order chi connectivity index (χ1) is 7.40. The van der Waals surface area contributed by atoms with Crippen LogP contribution in [-0.4, -0.2) is 47.2 Å². The van der Waals surface area contributed by atoms with E-state index in [1.165, 1.54) is 11.8 Å². The van der Waals surface area contributed by atoms with Gasteiger partial charge in [-0.25, -0.2) is 4.79 Å². The van der Waals surface area contributed by atoms with E-state index in [0.717, 1.165) is 0 Å². The van der Waals surface area contributed by atoms with Gasteiger partial charge in [0.05, 0.1) is 6.10 Å². The molecule has 1 aliphatic rings. The molecule has 1 rings (SSSR count). The van der Waals surface area contributed by atoms with Gasteiger partial charge in [0.2, 0.25) is 5.91 Å². The van der Waals surface area contributed by atoms with E-state index in [2.05, 4.69) is 5.32 Å². The first kappa shape index (κ1) is 12.8. The predicted molar refractivity (Wildman–Crippen MR) is 58.5 cm³/mol. The molecule has 3 atom stereocenters. The maximum absolute atomic E-state index is 11.1. The predicted octanol–water partition coefficient (Wildman–Crippen LogP) is -0.727. The number of hydrogen-bond donors (Lipinski definition) is 3. The molecule has 4 N–H and O–H groups in total. The number of amides is 3. The van der Waals surface area contributed by atoms with Gasteiger partial charge in [-0.3, -0.25) is 4.79 Å². The van der Waals surface area contributed by atoms with Gasteiger partial charge in [0.1, 0.15) is 0 Å². The van der Waals surface area contributed by atoms with Crippen molar-refractivity contribution < 1.29 is 14.7 Å². The number of rotatable bonds is 2. The Balaban J connectivity index is 2.66. The fourth-order valence-electron chi connectivity index (χ4n) is 2.06. The van der Waals surface area contributed by atoms with Crippen LogP contribution in [0.15, 0.2) is 0 Å². The Bertz CT molecular complexity index is 280. The fraction of sp³-hybridized carbons (Fsp3) is 0.800. The zero-order valence-electron chi connectivity index (χ0n) is 9.64. The summed E-state index contributed by atoms with van der Waals surface area (Å²) in [5.41, 5.74) is 5.22. The summed E-state index contributed by atoms with van der Waals surface area (Å²) in [4.78, 5) is 23.5. The molecule has 0 saturated carbocycles. The summed E-state index contributed by atoms with van der Waals surface area (Å²) in [5, 5.41) is 12.3. The van der Waals surface area contributed by atoms with Crippen LogP contribution in [0, 0.1) is 5.92 Å². The summed E-state index contributed by atoms with van der Waals surface area (Å²) in [6.07, 6.45) is 0.152. The number of nitrogens with two attached hydrogens (primary N) is 1. The van der Waals surface area contributed by atoms with Gasteiger partial charge in [-0.15, -0.1) is 0 Å². The van der Waals surface area contributed by atoms with Gasteiger partial charge in [-0.2, -0.15) is 0 Å². The van der Waals surface area contributed by atoms with Crippen molar-refractivity contribution in [2.45, 2.75) is 32.4 Å². The highest BCUT2D eigenvalue weighted by Gasteiger charge is 2.31. The number of piperidine rings is 1. The number of hydrogen-bond acceptors (Lipinski definition) is 3. The van der Waals surface area contributed by atoms with Crippen molar-refractivity contribution in [3.05, 3.63) is 0 Å². The summed E-state index contributed by atoms with van der Waals surface area (Å²) in [6, 6.07) is -0.640. The van der Waals surface area contributed by atoms with Crippen LogP contribution >= 0.6 is 0 Å². The molecule has 16 heavy (non-hydrogen) atoms. The van der Waals surface area contributed by atoms with Gasteiger partial charge in [-0.1, -0.05) is 0 Å². The van der Waals surface area contributed by atoms with E-state index in [9.17, 15) is 14.7 Å². The molecular formula is C10H19N3O3. The molecule has 1 aliphatic heterocycles. The Labute approximate surface area is 94.8 Å². The van der Waals surface area contributed by atoms with Gasteiger partial charge in [-0.05, 0) is 13.3 Å². The van der Waals surface area contributed by atoms with E-state index in [1.54, 1.807) is 6.92 Å². The molecule has 3 amide bonds.